The Morgan fingerprint density at radius 2 is 2.10 bits per heavy atom. The molecule has 0 saturated carbocycles. The molecule has 1 atom stereocenters. The summed E-state index contributed by atoms with van der Waals surface area (Å²) in [6, 6.07) is 9.69. The molecule has 4 nitrogen and oxygen atoms in total. The summed E-state index contributed by atoms with van der Waals surface area (Å²) in [7, 11) is 5.81. The number of hydrogen-bond acceptors (Lipinski definition) is 2. The van der Waals surface area contributed by atoms with Crippen LogP contribution in [0.25, 0.3) is 0 Å². The van der Waals surface area contributed by atoms with Gasteiger partial charge in [0, 0.05) is 5.72 Å². The summed E-state index contributed by atoms with van der Waals surface area (Å²) in [5, 5.41) is 0. The van der Waals surface area contributed by atoms with Gasteiger partial charge in [0.2, 0.25) is 0 Å². The Balaban J connectivity index is 1.89. The maximum atomic E-state index is 12.0. The van der Waals surface area contributed by atoms with Gasteiger partial charge in [-0.25, -0.2) is 0 Å². The second-order valence-electron chi connectivity index (χ2n) is 4.93. The van der Waals surface area contributed by atoms with Crippen LogP contribution in [0.4, 0.5) is 0 Å². The molecule has 0 aliphatic heterocycles. The largest absolute Gasteiger partial charge is 0.463 e. The molecule has 0 aliphatic carbocycles. The molecule has 2 aromatic rings. The fraction of sp³-hybridized carbons (Fsp3) is 0.333. The maximum absolute atomic E-state index is 12.0. The van der Waals surface area contributed by atoms with Gasteiger partial charge in [-0.15, -0.1) is 5.82 Å². The first kappa shape index (κ1) is 14.4. The van der Waals surface area contributed by atoms with Gasteiger partial charge in [-0.1, -0.05) is 37.3 Å². The summed E-state index contributed by atoms with van der Waals surface area (Å²) in [5.74, 6) is -0.492. The van der Waals surface area contributed by atoms with Crippen LogP contribution in [0.1, 0.15) is 12.5 Å². The molecule has 1 heterocycles. The van der Waals surface area contributed by atoms with Crippen LogP contribution >= 0.6 is 0 Å². The van der Waals surface area contributed by atoms with E-state index in [0.29, 0.717) is 6.61 Å². The van der Waals surface area contributed by atoms with Gasteiger partial charge < -0.3 is 4.74 Å². The van der Waals surface area contributed by atoms with Gasteiger partial charge in [0.1, 0.15) is 19.0 Å². The van der Waals surface area contributed by atoms with Gasteiger partial charge in [-0.2, -0.15) is 7.28 Å². The van der Waals surface area contributed by atoms with Crippen molar-refractivity contribution in [2.24, 2.45) is 14.1 Å². The number of aryl methyl sites for hydroxylation is 2. The van der Waals surface area contributed by atoms with E-state index >= 15 is 0 Å². The molecule has 0 unspecified atom stereocenters. The van der Waals surface area contributed by atoms with Gasteiger partial charge in [0.15, 0.2) is 0 Å². The molecule has 0 aliphatic rings. The minimum atomic E-state index is -0.279. The fourth-order valence-corrected chi connectivity index (χ4v) is 1.99. The summed E-state index contributed by atoms with van der Waals surface area (Å²) in [6.45, 7) is 2.16. The second kappa shape index (κ2) is 6.41. The van der Waals surface area contributed by atoms with E-state index in [9.17, 15) is 4.79 Å². The van der Waals surface area contributed by atoms with Crippen molar-refractivity contribution < 1.29 is 14.1 Å². The zero-order valence-corrected chi connectivity index (χ0v) is 12.1. The topological polar surface area (TPSA) is 35.1 Å². The number of carbonyl (C=O) groups excluding carboxylic acids is 1. The van der Waals surface area contributed by atoms with E-state index in [2.05, 4.69) is 0 Å². The quantitative estimate of drug-likeness (QED) is 0.456. The summed E-state index contributed by atoms with van der Waals surface area (Å²) in [4.78, 5) is 12.0. The van der Waals surface area contributed by atoms with Crippen molar-refractivity contribution in [1.82, 2.24) is 4.57 Å². The standard InChI is InChI=1S/C15H19BN2O2/c1-12(16-15-17(2)9-10-18(15)3)14(19)20-11-13-7-5-4-6-8-13/h4-10,12H,11H2,1-3H3/t12-/m1/s1. The lowest BCUT2D eigenvalue weighted by atomic mass is 9.64. The normalized spacial score (nSPS) is 12.2. The van der Waals surface area contributed by atoms with Crippen molar-refractivity contribution in [3.63, 3.8) is 0 Å². The smallest absolute Gasteiger partial charge is 0.268 e. The molecule has 20 heavy (non-hydrogen) atoms. The number of ether oxygens (including phenoxy) is 1. The van der Waals surface area contributed by atoms with E-state index in [4.69, 9.17) is 4.74 Å². The number of carbonyl (C=O) groups is 1. The third-order valence-electron chi connectivity index (χ3n) is 3.23. The highest BCUT2D eigenvalue weighted by Gasteiger charge is 2.10. The van der Waals surface area contributed by atoms with Crippen LogP contribution in [0.3, 0.4) is 0 Å². The predicted octanol–water partition coefficient (Wildman–Crippen LogP) is 0.731. The molecule has 0 bridgehead atoms. The second-order valence-corrected chi connectivity index (χ2v) is 4.93. The van der Waals surface area contributed by atoms with Crippen LogP contribution < -0.4 is 10.3 Å². The van der Waals surface area contributed by atoms with Gasteiger partial charge in [0.05, 0.1) is 14.1 Å². The summed E-state index contributed by atoms with van der Waals surface area (Å²) >= 11 is 0. The number of benzene rings is 1. The Hall–Kier alpha value is -2.04. The van der Waals surface area contributed by atoms with Crippen LogP contribution in [-0.2, 0) is 30.2 Å². The Kier molecular flexibility index (Phi) is 4.61. The summed E-state index contributed by atoms with van der Waals surface area (Å²) < 4.78 is 9.28. The highest BCUT2D eigenvalue weighted by molar-refractivity contribution is 6.56. The van der Waals surface area contributed by atoms with Crippen molar-refractivity contribution in [3.8, 4) is 0 Å². The lowest BCUT2D eigenvalue weighted by Crippen LogP contribution is -2.51. The third kappa shape index (κ3) is 3.50. The molecule has 5 heteroatoms. The molecule has 0 N–H and O–H groups in total. The van der Waals surface area contributed by atoms with Gasteiger partial charge in [-0.05, 0) is 5.56 Å². The van der Waals surface area contributed by atoms with E-state index in [1.165, 1.54) is 0 Å². The molecule has 0 fully saturated rings. The van der Waals surface area contributed by atoms with E-state index in [-0.39, 0.29) is 11.8 Å². The van der Waals surface area contributed by atoms with Crippen molar-refractivity contribution in [2.45, 2.75) is 19.3 Å². The highest BCUT2D eigenvalue weighted by Crippen LogP contribution is 2.07. The van der Waals surface area contributed by atoms with E-state index in [1.807, 2.05) is 80.2 Å². The number of esters is 1. The Bertz CT molecular complexity index is 561. The van der Waals surface area contributed by atoms with Crippen LogP contribution in [0, 0.1) is 0 Å². The Labute approximate surface area is 120 Å². The number of hydrogen-bond donors (Lipinski definition) is 0. The molecule has 2 rings (SSSR count). The molecular formula is C15H19BN2O2. The van der Waals surface area contributed by atoms with Gasteiger partial charge in [-0.3, -0.25) is 13.9 Å². The molecule has 104 valence electrons. The lowest BCUT2D eigenvalue weighted by Gasteiger charge is -2.20. The minimum absolute atomic E-state index is 0.213. The molecule has 0 saturated heterocycles. The minimum Gasteiger partial charge on any atom is -0.463 e. The van der Waals surface area contributed by atoms with Crippen LogP contribution in [0.15, 0.2) is 42.7 Å². The molecule has 0 spiro atoms. The third-order valence-corrected chi connectivity index (χ3v) is 3.23. The van der Waals surface area contributed by atoms with Crippen LogP contribution in [-0.4, -0.2) is 17.8 Å². The maximum Gasteiger partial charge on any atom is 0.268 e. The SMILES string of the molecule is C[C@@H]([B-]c1n(C)cc[n+]1C)C(=O)OCc1ccccc1. The van der Waals surface area contributed by atoms with E-state index in [0.717, 1.165) is 11.3 Å². The molecule has 0 amide bonds. The highest BCUT2D eigenvalue weighted by atomic mass is 16.5. The van der Waals surface area contributed by atoms with Crippen molar-refractivity contribution in [2.75, 3.05) is 0 Å². The van der Waals surface area contributed by atoms with Crippen LogP contribution in [0.2, 0.25) is 5.82 Å². The average Bonchev–Trinajstić information content (AvgIpc) is 2.77. The summed E-state index contributed by atoms with van der Waals surface area (Å²) in [5.41, 5.74) is 1.98. The fourth-order valence-electron chi connectivity index (χ4n) is 1.99. The van der Waals surface area contributed by atoms with Crippen molar-refractivity contribution in [3.05, 3.63) is 48.3 Å². The number of nitrogens with zero attached hydrogens (tertiary/aromatic N) is 2. The van der Waals surface area contributed by atoms with E-state index < -0.39 is 0 Å². The first-order valence-corrected chi connectivity index (χ1v) is 6.64. The molecule has 1 aromatic heterocycles. The zero-order chi connectivity index (χ0) is 14.5. The summed E-state index contributed by atoms with van der Waals surface area (Å²) in [6.07, 6.45) is 3.90. The molecular weight excluding hydrogens is 251 g/mol. The van der Waals surface area contributed by atoms with Crippen LogP contribution in [0.5, 0.6) is 0 Å². The number of rotatable bonds is 5. The van der Waals surface area contributed by atoms with Crippen molar-refractivity contribution >= 4 is 19.0 Å². The molecule has 2 radical (unpaired) electrons. The average molecular weight is 270 g/mol. The zero-order valence-electron chi connectivity index (χ0n) is 12.1. The number of imidazole rings is 1. The Morgan fingerprint density at radius 1 is 1.40 bits per heavy atom. The predicted molar refractivity (Wildman–Crippen MR) is 77.6 cm³/mol. The van der Waals surface area contributed by atoms with E-state index in [1.54, 1.807) is 0 Å². The lowest BCUT2D eigenvalue weighted by molar-refractivity contribution is -0.653. The van der Waals surface area contributed by atoms with Crippen molar-refractivity contribution in [1.29, 1.82) is 0 Å². The molecule has 1 aromatic carbocycles. The monoisotopic (exact) mass is 270 g/mol. The first-order valence-electron chi connectivity index (χ1n) is 6.64. The van der Waals surface area contributed by atoms with Gasteiger partial charge in [0.25, 0.3) is 5.97 Å². The Morgan fingerprint density at radius 3 is 2.70 bits per heavy atom. The first-order chi connectivity index (χ1) is 9.58. The van der Waals surface area contributed by atoms with Gasteiger partial charge >= 0.3 is 0 Å². The number of aromatic nitrogens is 2.